The second-order valence-corrected chi connectivity index (χ2v) is 5.72. The predicted octanol–water partition coefficient (Wildman–Crippen LogP) is 3.46. The SMILES string of the molecule is Cc1cc(NC(=O)NC(C)(C)C)c2ncccc2c1. The monoisotopic (exact) mass is 257 g/mol. The number of aryl methyl sites for hydroxylation is 1. The van der Waals surface area contributed by atoms with Crippen molar-refractivity contribution in [2.45, 2.75) is 33.2 Å². The van der Waals surface area contributed by atoms with Crippen molar-refractivity contribution >= 4 is 22.6 Å². The summed E-state index contributed by atoms with van der Waals surface area (Å²) in [6.45, 7) is 7.83. The van der Waals surface area contributed by atoms with E-state index >= 15 is 0 Å². The van der Waals surface area contributed by atoms with Crippen LogP contribution in [0.25, 0.3) is 10.9 Å². The second kappa shape index (κ2) is 4.88. The molecule has 0 saturated carbocycles. The Labute approximate surface area is 113 Å². The first kappa shape index (κ1) is 13.3. The normalized spacial score (nSPS) is 11.4. The number of anilines is 1. The number of amides is 2. The Morgan fingerprint density at radius 1 is 1.26 bits per heavy atom. The zero-order valence-corrected chi connectivity index (χ0v) is 11.7. The number of hydrogen-bond donors (Lipinski definition) is 2. The molecule has 1 aromatic heterocycles. The third kappa shape index (κ3) is 3.44. The summed E-state index contributed by atoms with van der Waals surface area (Å²) in [5, 5.41) is 6.77. The van der Waals surface area contributed by atoms with Crippen LogP contribution < -0.4 is 10.6 Å². The minimum atomic E-state index is -0.267. The summed E-state index contributed by atoms with van der Waals surface area (Å²) in [6, 6.07) is 7.64. The molecule has 2 rings (SSSR count). The van der Waals surface area contributed by atoms with Gasteiger partial charge in [0, 0.05) is 17.1 Å². The molecule has 4 nitrogen and oxygen atoms in total. The Hall–Kier alpha value is -2.10. The zero-order chi connectivity index (χ0) is 14.0. The average molecular weight is 257 g/mol. The van der Waals surface area contributed by atoms with Crippen molar-refractivity contribution in [1.29, 1.82) is 0 Å². The van der Waals surface area contributed by atoms with E-state index in [0.29, 0.717) is 0 Å². The second-order valence-electron chi connectivity index (χ2n) is 5.72. The summed E-state index contributed by atoms with van der Waals surface area (Å²) in [5.41, 5.74) is 2.36. The molecule has 0 aliphatic carbocycles. The van der Waals surface area contributed by atoms with E-state index in [4.69, 9.17) is 0 Å². The average Bonchev–Trinajstić information content (AvgIpc) is 2.25. The number of carbonyl (C=O) groups excluding carboxylic acids is 1. The van der Waals surface area contributed by atoms with Gasteiger partial charge in [0.15, 0.2) is 0 Å². The Balaban J connectivity index is 2.32. The molecule has 2 amide bonds. The number of nitrogens with one attached hydrogen (secondary N) is 2. The van der Waals surface area contributed by atoms with Crippen LogP contribution in [0, 0.1) is 6.92 Å². The summed E-state index contributed by atoms with van der Waals surface area (Å²) in [6.07, 6.45) is 1.73. The topological polar surface area (TPSA) is 54.0 Å². The summed E-state index contributed by atoms with van der Waals surface area (Å²) in [5.74, 6) is 0. The molecule has 0 radical (unpaired) electrons. The fourth-order valence-electron chi connectivity index (χ4n) is 1.93. The Morgan fingerprint density at radius 3 is 2.68 bits per heavy atom. The molecule has 1 aromatic carbocycles. The molecule has 0 aliphatic heterocycles. The van der Waals surface area contributed by atoms with Gasteiger partial charge in [-0.3, -0.25) is 4.98 Å². The Bertz CT molecular complexity index is 614. The minimum Gasteiger partial charge on any atom is -0.333 e. The maximum atomic E-state index is 11.9. The van der Waals surface area contributed by atoms with E-state index in [0.717, 1.165) is 22.2 Å². The third-order valence-corrected chi connectivity index (χ3v) is 2.59. The minimum absolute atomic E-state index is 0.218. The summed E-state index contributed by atoms with van der Waals surface area (Å²) < 4.78 is 0. The molecular weight excluding hydrogens is 238 g/mol. The molecule has 2 aromatic rings. The molecule has 4 heteroatoms. The van der Waals surface area contributed by atoms with E-state index < -0.39 is 0 Å². The van der Waals surface area contributed by atoms with Gasteiger partial charge in [-0.2, -0.15) is 0 Å². The van der Waals surface area contributed by atoms with Crippen LogP contribution in [0.5, 0.6) is 0 Å². The lowest BCUT2D eigenvalue weighted by Crippen LogP contribution is -2.43. The molecular formula is C15H19N3O. The maximum absolute atomic E-state index is 11.9. The molecule has 0 saturated heterocycles. The van der Waals surface area contributed by atoms with Gasteiger partial charge in [0.2, 0.25) is 0 Å². The molecule has 19 heavy (non-hydrogen) atoms. The van der Waals surface area contributed by atoms with E-state index in [1.165, 1.54) is 0 Å². The van der Waals surface area contributed by atoms with Crippen LogP contribution in [0.15, 0.2) is 30.5 Å². The molecule has 0 atom stereocenters. The smallest absolute Gasteiger partial charge is 0.319 e. The van der Waals surface area contributed by atoms with Gasteiger partial charge in [-0.25, -0.2) is 4.79 Å². The number of rotatable bonds is 1. The highest BCUT2D eigenvalue weighted by Crippen LogP contribution is 2.23. The van der Waals surface area contributed by atoms with Crippen LogP contribution in [-0.4, -0.2) is 16.6 Å². The van der Waals surface area contributed by atoms with Gasteiger partial charge in [-0.15, -0.1) is 0 Å². The van der Waals surface area contributed by atoms with Crippen LogP contribution in [0.2, 0.25) is 0 Å². The van der Waals surface area contributed by atoms with Crippen molar-refractivity contribution < 1.29 is 4.79 Å². The number of carbonyl (C=O) groups is 1. The van der Waals surface area contributed by atoms with Crippen LogP contribution >= 0.6 is 0 Å². The van der Waals surface area contributed by atoms with Crippen molar-refractivity contribution in [2.24, 2.45) is 0 Å². The molecule has 0 unspecified atom stereocenters. The molecule has 100 valence electrons. The van der Waals surface area contributed by atoms with E-state index in [1.54, 1.807) is 6.20 Å². The van der Waals surface area contributed by atoms with Gasteiger partial charge in [-0.05, 0) is 51.5 Å². The number of fused-ring (bicyclic) bond motifs is 1. The fraction of sp³-hybridized carbons (Fsp3) is 0.333. The number of urea groups is 1. The lowest BCUT2D eigenvalue weighted by molar-refractivity contribution is 0.244. The number of pyridine rings is 1. The lowest BCUT2D eigenvalue weighted by atomic mass is 10.1. The van der Waals surface area contributed by atoms with Gasteiger partial charge < -0.3 is 10.6 Å². The van der Waals surface area contributed by atoms with E-state index in [9.17, 15) is 4.79 Å². The molecule has 0 spiro atoms. The molecule has 0 aliphatic rings. The van der Waals surface area contributed by atoms with Crippen molar-refractivity contribution in [2.75, 3.05) is 5.32 Å². The first-order chi connectivity index (χ1) is 8.85. The Kier molecular flexibility index (Phi) is 3.42. The molecule has 0 fully saturated rings. The van der Waals surface area contributed by atoms with E-state index in [-0.39, 0.29) is 11.6 Å². The number of nitrogens with zero attached hydrogens (tertiary/aromatic N) is 1. The van der Waals surface area contributed by atoms with Crippen molar-refractivity contribution in [1.82, 2.24) is 10.3 Å². The highest BCUT2D eigenvalue weighted by molar-refractivity contribution is 6.00. The van der Waals surface area contributed by atoms with Crippen molar-refractivity contribution in [3.05, 3.63) is 36.0 Å². The summed E-state index contributed by atoms with van der Waals surface area (Å²) >= 11 is 0. The van der Waals surface area contributed by atoms with Crippen LogP contribution in [-0.2, 0) is 0 Å². The van der Waals surface area contributed by atoms with Gasteiger partial charge in [0.1, 0.15) is 0 Å². The number of aromatic nitrogens is 1. The van der Waals surface area contributed by atoms with E-state index in [2.05, 4.69) is 21.7 Å². The fourth-order valence-corrected chi connectivity index (χ4v) is 1.93. The van der Waals surface area contributed by atoms with Crippen LogP contribution in [0.1, 0.15) is 26.3 Å². The predicted molar refractivity (Wildman–Crippen MR) is 78.4 cm³/mol. The highest BCUT2D eigenvalue weighted by atomic mass is 16.2. The van der Waals surface area contributed by atoms with Crippen molar-refractivity contribution in [3.63, 3.8) is 0 Å². The zero-order valence-electron chi connectivity index (χ0n) is 11.7. The van der Waals surface area contributed by atoms with Crippen LogP contribution in [0.4, 0.5) is 10.5 Å². The largest absolute Gasteiger partial charge is 0.333 e. The van der Waals surface area contributed by atoms with Gasteiger partial charge in [0.25, 0.3) is 0 Å². The third-order valence-electron chi connectivity index (χ3n) is 2.59. The van der Waals surface area contributed by atoms with Gasteiger partial charge in [0.05, 0.1) is 11.2 Å². The first-order valence-electron chi connectivity index (χ1n) is 6.30. The van der Waals surface area contributed by atoms with E-state index in [1.807, 2.05) is 45.9 Å². The maximum Gasteiger partial charge on any atom is 0.319 e. The first-order valence-corrected chi connectivity index (χ1v) is 6.30. The molecule has 0 bridgehead atoms. The Morgan fingerprint density at radius 2 is 2.00 bits per heavy atom. The number of hydrogen-bond acceptors (Lipinski definition) is 2. The standard InChI is InChI=1S/C15H19N3O/c1-10-8-11-6-5-7-16-13(11)12(9-10)17-14(19)18-15(2,3)4/h5-9H,1-4H3,(H2,17,18,19). The quantitative estimate of drug-likeness (QED) is 0.822. The van der Waals surface area contributed by atoms with Crippen molar-refractivity contribution in [3.8, 4) is 0 Å². The van der Waals surface area contributed by atoms with Gasteiger partial charge >= 0.3 is 6.03 Å². The van der Waals surface area contributed by atoms with Gasteiger partial charge in [-0.1, -0.05) is 6.07 Å². The number of benzene rings is 1. The summed E-state index contributed by atoms with van der Waals surface area (Å²) in [4.78, 5) is 16.3. The molecule has 1 heterocycles. The summed E-state index contributed by atoms with van der Waals surface area (Å²) in [7, 11) is 0. The lowest BCUT2D eigenvalue weighted by Gasteiger charge is -2.21. The molecule has 2 N–H and O–H groups in total. The highest BCUT2D eigenvalue weighted by Gasteiger charge is 2.14. The van der Waals surface area contributed by atoms with Crippen LogP contribution in [0.3, 0.4) is 0 Å².